The maximum Gasteiger partial charge on any atom is 0.184 e. The van der Waals surface area contributed by atoms with Gasteiger partial charge in [0.05, 0.1) is 5.02 Å². The van der Waals surface area contributed by atoms with E-state index in [2.05, 4.69) is 5.32 Å². The van der Waals surface area contributed by atoms with E-state index in [9.17, 15) is 4.39 Å². The van der Waals surface area contributed by atoms with Gasteiger partial charge in [0.2, 0.25) is 0 Å². The molecule has 0 amide bonds. The summed E-state index contributed by atoms with van der Waals surface area (Å²) in [5.41, 5.74) is 0.857. The molecular weight excluding hydrogens is 312 g/mol. The molecule has 0 saturated carbocycles. The molecule has 0 spiro atoms. The zero-order chi connectivity index (χ0) is 15.4. The second-order valence-corrected chi connectivity index (χ2v) is 5.79. The lowest BCUT2D eigenvalue weighted by Crippen LogP contribution is -2.22. The van der Waals surface area contributed by atoms with Crippen LogP contribution in [0, 0.1) is 5.82 Å². The smallest absolute Gasteiger partial charge is 0.184 e. The first kappa shape index (κ1) is 16.1. The maximum atomic E-state index is 13.9. The van der Waals surface area contributed by atoms with E-state index in [-0.39, 0.29) is 10.8 Å². The number of rotatable bonds is 5. The van der Waals surface area contributed by atoms with Gasteiger partial charge in [-0.2, -0.15) is 0 Å². The van der Waals surface area contributed by atoms with Crippen molar-refractivity contribution in [2.75, 3.05) is 0 Å². The van der Waals surface area contributed by atoms with Gasteiger partial charge in [-0.3, -0.25) is 0 Å². The van der Waals surface area contributed by atoms with Crippen LogP contribution in [0.15, 0.2) is 36.4 Å². The summed E-state index contributed by atoms with van der Waals surface area (Å²) in [5, 5.41) is 3.92. The van der Waals surface area contributed by atoms with Gasteiger partial charge in [-0.05, 0) is 30.3 Å². The Labute approximate surface area is 133 Å². The Kier molecular flexibility index (Phi) is 5.45. The first-order valence-corrected chi connectivity index (χ1v) is 7.36. The largest absolute Gasteiger partial charge is 0.454 e. The van der Waals surface area contributed by atoms with Gasteiger partial charge in [0.1, 0.15) is 5.75 Å². The fourth-order valence-electron chi connectivity index (χ4n) is 1.78. The summed E-state index contributed by atoms with van der Waals surface area (Å²) in [6.45, 7) is 4.67. The average Bonchev–Trinajstić information content (AvgIpc) is 2.43. The van der Waals surface area contributed by atoms with Crippen LogP contribution in [0.1, 0.15) is 19.4 Å². The van der Waals surface area contributed by atoms with E-state index in [0.717, 1.165) is 5.56 Å². The highest BCUT2D eigenvalue weighted by Gasteiger charge is 2.12. The van der Waals surface area contributed by atoms with Crippen molar-refractivity contribution in [1.82, 2.24) is 5.32 Å². The van der Waals surface area contributed by atoms with Crippen molar-refractivity contribution in [2.24, 2.45) is 0 Å². The molecule has 0 fully saturated rings. The normalized spacial score (nSPS) is 11.0. The van der Waals surface area contributed by atoms with E-state index in [0.29, 0.717) is 23.4 Å². The zero-order valence-electron chi connectivity index (χ0n) is 11.8. The number of hydrogen-bond acceptors (Lipinski definition) is 2. The van der Waals surface area contributed by atoms with E-state index in [1.165, 1.54) is 12.1 Å². The fraction of sp³-hybridized carbons (Fsp3) is 0.250. The first-order chi connectivity index (χ1) is 9.97. The van der Waals surface area contributed by atoms with E-state index in [4.69, 9.17) is 27.9 Å². The first-order valence-electron chi connectivity index (χ1n) is 6.61. The van der Waals surface area contributed by atoms with Crippen LogP contribution in [0.2, 0.25) is 10.0 Å². The predicted molar refractivity (Wildman–Crippen MR) is 84.9 cm³/mol. The maximum absolute atomic E-state index is 13.9. The molecule has 0 radical (unpaired) electrons. The summed E-state index contributed by atoms with van der Waals surface area (Å²) in [5.74, 6) is 0.0706. The van der Waals surface area contributed by atoms with E-state index < -0.39 is 5.82 Å². The highest BCUT2D eigenvalue weighted by Crippen LogP contribution is 2.32. The standard InChI is InChI=1S/C16H16Cl2FNO/c1-10(2)20-9-11-8-12(17)6-7-14(11)21-15-5-3-4-13(18)16(15)19/h3-8,10,20H,9H2,1-2H3. The van der Waals surface area contributed by atoms with Gasteiger partial charge in [0.15, 0.2) is 11.6 Å². The summed E-state index contributed by atoms with van der Waals surface area (Å²) in [7, 11) is 0. The molecule has 2 rings (SSSR count). The van der Waals surface area contributed by atoms with Crippen LogP contribution in [0.5, 0.6) is 11.5 Å². The summed E-state index contributed by atoms with van der Waals surface area (Å²) >= 11 is 11.8. The third kappa shape index (κ3) is 4.34. The molecule has 0 heterocycles. The Hall–Kier alpha value is -1.29. The monoisotopic (exact) mass is 327 g/mol. The van der Waals surface area contributed by atoms with Crippen molar-refractivity contribution in [3.05, 3.63) is 57.8 Å². The van der Waals surface area contributed by atoms with E-state index >= 15 is 0 Å². The number of nitrogens with one attached hydrogen (secondary N) is 1. The molecular formula is C16H16Cl2FNO. The summed E-state index contributed by atoms with van der Waals surface area (Å²) < 4.78 is 19.6. The highest BCUT2D eigenvalue weighted by atomic mass is 35.5. The topological polar surface area (TPSA) is 21.3 Å². The molecule has 0 unspecified atom stereocenters. The molecule has 1 N–H and O–H groups in total. The molecule has 5 heteroatoms. The quantitative estimate of drug-likeness (QED) is 0.791. The fourth-order valence-corrected chi connectivity index (χ4v) is 2.14. The molecule has 0 aliphatic heterocycles. The average molecular weight is 328 g/mol. The van der Waals surface area contributed by atoms with Crippen LogP contribution < -0.4 is 10.1 Å². The lowest BCUT2D eigenvalue weighted by Gasteiger charge is -2.14. The van der Waals surface area contributed by atoms with Crippen LogP contribution in [0.25, 0.3) is 0 Å². The lowest BCUT2D eigenvalue weighted by molar-refractivity contribution is 0.434. The van der Waals surface area contributed by atoms with Crippen LogP contribution >= 0.6 is 23.2 Å². The van der Waals surface area contributed by atoms with Gasteiger partial charge >= 0.3 is 0 Å². The molecule has 0 saturated heterocycles. The van der Waals surface area contributed by atoms with Crippen LogP contribution in [0.3, 0.4) is 0 Å². The summed E-state index contributed by atoms with van der Waals surface area (Å²) in [6.07, 6.45) is 0. The molecule has 0 aromatic heterocycles. The van der Waals surface area contributed by atoms with Gasteiger partial charge < -0.3 is 10.1 Å². The van der Waals surface area contributed by atoms with E-state index in [1.807, 2.05) is 13.8 Å². The highest BCUT2D eigenvalue weighted by molar-refractivity contribution is 6.31. The summed E-state index contributed by atoms with van der Waals surface area (Å²) in [4.78, 5) is 0. The van der Waals surface area contributed by atoms with Crippen molar-refractivity contribution in [2.45, 2.75) is 26.4 Å². The third-order valence-corrected chi connectivity index (χ3v) is 3.39. The van der Waals surface area contributed by atoms with Crippen molar-refractivity contribution < 1.29 is 9.13 Å². The molecule has 0 aliphatic carbocycles. The number of hydrogen-bond donors (Lipinski definition) is 1. The Morgan fingerprint density at radius 2 is 1.90 bits per heavy atom. The molecule has 2 aromatic carbocycles. The van der Waals surface area contributed by atoms with Gasteiger partial charge in [-0.15, -0.1) is 0 Å². The SMILES string of the molecule is CC(C)NCc1cc(Cl)ccc1Oc1cccc(Cl)c1F. The lowest BCUT2D eigenvalue weighted by atomic mass is 10.2. The minimum Gasteiger partial charge on any atom is -0.454 e. The molecule has 21 heavy (non-hydrogen) atoms. The minimum atomic E-state index is -0.572. The van der Waals surface area contributed by atoms with Crippen molar-refractivity contribution in [3.8, 4) is 11.5 Å². The van der Waals surface area contributed by atoms with Crippen molar-refractivity contribution in [3.63, 3.8) is 0 Å². The molecule has 2 nitrogen and oxygen atoms in total. The number of halogens is 3. The van der Waals surface area contributed by atoms with Gasteiger partial charge in [0.25, 0.3) is 0 Å². The van der Waals surface area contributed by atoms with Gasteiger partial charge in [-0.25, -0.2) is 4.39 Å². The molecule has 112 valence electrons. The molecule has 0 atom stereocenters. The molecule has 2 aromatic rings. The zero-order valence-corrected chi connectivity index (χ0v) is 13.3. The van der Waals surface area contributed by atoms with Crippen LogP contribution in [-0.4, -0.2) is 6.04 Å². The van der Waals surface area contributed by atoms with Crippen LogP contribution in [-0.2, 0) is 6.54 Å². The van der Waals surface area contributed by atoms with Crippen LogP contribution in [0.4, 0.5) is 4.39 Å². The van der Waals surface area contributed by atoms with Crippen molar-refractivity contribution >= 4 is 23.2 Å². The Morgan fingerprint density at radius 3 is 2.62 bits per heavy atom. The van der Waals surface area contributed by atoms with Gasteiger partial charge in [0, 0.05) is 23.2 Å². The summed E-state index contributed by atoms with van der Waals surface area (Å²) in [6, 6.07) is 10.2. The Morgan fingerprint density at radius 1 is 1.14 bits per heavy atom. The number of benzene rings is 2. The minimum absolute atomic E-state index is 0.0309. The number of ether oxygens (including phenoxy) is 1. The van der Waals surface area contributed by atoms with E-state index in [1.54, 1.807) is 24.3 Å². The molecule has 0 bridgehead atoms. The predicted octanol–water partition coefficient (Wildman–Crippen LogP) is 5.42. The third-order valence-electron chi connectivity index (χ3n) is 2.86. The second kappa shape index (κ2) is 7.12. The van der Waals surface area contributed by atoms with Crippen molar-refractivity contribution in [1.29, 1.82) is 0 Å². The Balaban J connectivity index is 2.28. The Bertz CT molecular complexity index is 632. The van der Waals surface area contributed by atoms with Gasteiger partial charge in [-0.1, -0.05) is 43.1 Å². The second-order valence-electron chi connectivity index (χ2n) is 4.94. The molecule has 0 aliphatic rings.